The number of aromatic hydroxyl groups is 1. The second-order valence-electron chi connectivity index (χ2n) is 4.04. The highest BCUT2D eigenvalue weighted by Gasteiger charge is 2.16. The van der Waals surface area contributed by atoms with E-state index in [1.165, 1.54) is 12.1 Å². The van der Waals surface area contributed by atoms with E-state index in [2.05, 4.69) is 5.32 Å². The third-order valence-electron chi connectivity index (χ3n) is 2.66. The molecule has 0 aliphatic carbocycles. The molecule has 0 bridgehead atoms. The van der Waals surface area contributed by atoms with Crippen LogP contribution in [0.5, 0.6) is 5.75 Å². The van der Waals surface area contributed by atoms with E-state index in [9.17, 15) is 13.9 Å². The lowest BCUT2D eigenvalue weighted by molar-refractivity contribution is 0.464. The van der Waals surface area contributed by atoms with Crippen molar-refractivity contribution in [2.45, 2.75) is 6.04 Å². The Morgan fingerprint density at radius 3 is 2.60 bits per heavy atom. The predicted octanol–water partition coefficient (Wildman–Crippen LogP) is 4.00. The molecule has 2 aromatic carbocycles. The first-order valence-electron chi connectivity index (χ1n) is 5.61. The Morgan fingerprint density at radius 1 is 1.20 bits per heavy atom. The summed E-state index contributed by atoms with van der Waals surface area (Å²) in [6.07, 6.45) is 0. The van der Waals surface area contributed by atoms with Crippen molar-refractivity contribution in [1.82, 2.24) is 0 Å². The first-order chi connectivity index (χ1) is 9.51. The summed E-state index contributed by atoms with van der Waals surface area (Å²) in [6.45, 7) is 0. The highest BCUT2D eigenvalue weighted by molar-refractivity contribution is 6.31. The van der Waals surface area contributed by atoms with Crippen LogP contribution in [0.25, 0.3) is 0 Å². The van der Waals surface area contributed by atoms with E-state index in [1.807, 2.05) is 6.07 Å². The first-order valence-corrected chi connectivity index (χ1v) is 5.98. The molecule has 1 unspecified atom stereocenters. The van der Waals surface area contributed by atoms with E-state index < -0.39 is 17.7 Å². The summed E-state index contributed by atoms with van der Waals surface area (Å²) in [5, 5.41) is 21.4. The lowest BCUT2D eigenvalue weighted by Crippen LogP contribution is -2.09. The molecule has 0 radical (unpaired) electrons. The third-order valence-corrected chi connectivity index (χ3v) is 2.95. The number of nitrogens with one attached hydrogen (secondary N) is 1. The molecule has 20 heavy (non-hydrogen) atoms. The molecule has 0 aromatic heterocycles. The monoisotopic (exact) mass is 294 g/mol. The zero-order valence-electron chi connectivity index (χ0n) is 10.1. The lowest BCUT2D eigenvalue weighted by atomic mass is 10.1. The maximum absolute atomic E-state index is 13.2. The van der Waals surface area contributed by atoms with Crippen molar-refractivity contribution in [1.29, 1.82) is 5.26 Å². The number of rotatable bonds is 3. The summed E-state index contributed by atoms with van der Waals surface area (Å²) in [5.41, 5.74) is 0.472. The van der Waals surface area contributed by atoms with Crippen LogP contribution in [0.15, 0.2) is 36.4 Å². The van der Waals surface area contributed by atoms with Gasteiger partial charge in [0.2, 0.25) is 0 Å². The molecule has 0 spiro atoms. The summed E-state index contributed by atoms with van der Waals surface area (Å²) in [5.74, 6) is -1.37. The molecule has 2 aromatic rings. The minimum absolute atomic E-state index is 0.0907. The number of anilines is 1. The molecule has 0 aliphatic heterocycles. The van der Waals surface area contributed by atoms with Gasteiger partial charge in [-0.25, -0.2) is 8.78 Å². The van der Waals surface area contributed by atoms with Gasteiger partial charge in [0.25, 0.3) is 0 Å². The van der Waals surface area contributed by atoms with Gasteiger partial charge in [0, 0.05) is 11.3 Å². The predicted molar refractivity (Wildman–Crippen MR) is 71.5 cm³/mol. The third kappa shape index (κ3) is 2.98. The molecule has 2 rings (SSSR count). The van der Waals surface area contributed by atoms with Crippen LogP contribution in [0.3, 0.4) is 0 Å². The Balaban J connectivity index is 2.31. The van der Waals surface area contributed by atoms with Gasteiger partial charge < -0.3 is 10.4 Å². The van der Waals surface area contributed by atoms with Crippen LogP contribution in [-0.4, -0.2) is 5.11 Å². The van der Waals surface area contributed by atoms with Gasteiger partial charge in [-0.3, -0.25) is 0 Å². The second-order valence-corrected chi connectivity index (χ2v) is 4.45. The van der Waals surface area contributed by atoms with Crippen LogP contribution in [0.2, 0.25) is 5.02 Å². The summed E-state index contributed by atoms with van der Waals surface area (Å²) in [4.78, 5) is 0. The highest BCUT2D eigenvalue weighted by Crippen LogP contribution is 2.29. The van der Waals surface area contributed by atoms with Crippen molar-refractivity contribution in [3.63, 3.8) is 0 Å². The summed E-state index contributed by atoms with van der Waals surface area (Å²) < 4.78 is 26.2. The van der Waals surface area contributed by atoms with Crippen LogP contribution >= 0.6 is 11.6 Å². The zero-order valence-corrected chi connectivity index (χ0v) is 10.8. The first kappa shape index (κ1) is 14.1. The molecule has 0 amide bonds. The standard InChI is InChI=1S/C14H9ClF2N2O/c15-11-6-9(2-3-12(11)17)19-13(7-18)10-5-8(16)1-4-14(10)20/h1-6,13,19-20H. The van der Waals surface area contributed by atoms with Gasteiger partial charge in [0.15, 0.2) is 0 Å². The molecule has 0 heterocycles. The average molecular weight is 295 g/mol. The molecule has 3 nitrogen and oxygen atoms in total. The molecular weight excluding hydrogens is 286 g/mol. The van der Waals surface area contributed by atoms with E-state index in [4.69, 9.17) is 16.9 Å². The minimum atomic E-state index is -0.993. The molecule has 0 aliphatic rings. The number of phenols is 1. The summed E-state index contributed by atoms with van der Waals surface area (Å²) in [6, 6.07) is 8.04. The van der Waals surface area contributed by atoms with Crippen molar-refractivity contribution in [2.24, 2.45) is 0 Å². The van der Waals surface area contributed by atoms with E-state index in [0.717, 1.165) is 24.3 Å². The van der Waals surface area contributed by atoms with E-state index >= 15 is 0 Å². The van der Waals surface area contributed by atoms with Gasteiger partial charge in [-0.1, -0.05) is 11.6 Å². The largest absolute Gasteiger partial charge is 0.508 e. The van der Waals surface area contributed by atoms with Crippen molar-refractivity contribution in [3.8, 4) is 11.8 Å². The second kappa shape index (κ2) is 5.76. The Bertz CT molecular complexity index is 685. The number of nitrogens with zero attached hydrogens (tertiary/aromatic N) is 1. The minimum Gasteiger partial charge on any atom is -0.508 e. The number of halogens is 3. The number of hydrogen-bond donors (Lipinski definition) is 2. The Kier molecular flexibility index (Phi) is 4.06. The molecular formula is C14H9ClF2N2O. The molecule has 2 N–H and O–H groups in total. The quantitative estimate of drug-likeness (QED) is 0.899. The van der Waals surface area contributed by atoms with E-state index in [-0.39, 0.29) is 16.3 Å². The fourth-order valence-electron chi connectivity index (χ4n) is 1.69. The van der Waals surface area contributed by atoms with Crippen molar-refractivity contribution in [2.75, 3.05) is 5.32 Å². The van der Waals surface area contributed by atoms with Gasteiger partial charge in [0.1, 0.15) is 23.4 Å². The van der Waals surface area contributed by atoms with E-state index in [0.29, 0.717) is 5.69 Å². The fourth-order valence-corrected chi connectivity index (χ4v) is 1.87. The van der Waals surface area contributed by atoms with Crippen LogP contribution in [0.1, 0.15) is 11.6 Å². The zero-order chi connectivity index (χ0) is 14.7. The summed E-state index contributed by atoms with van der Waals surface area (Å²) in [7, 11) is 0. The fraction of sp³-hybridized carbons (Fsp3) is 0.0714. The molecule has 0 fully saturated rings. The maximum atomic E-state index is 13.2. The number of nitriles is 1. The van der Waals surface area contributed by atoms with Gasteiger partial charge in [0.05, 0.1) is 11.1 Å². The SMILES string of the molecule is N#CC(Nc1ccc(F)c(Cl)c1)c1cc(F)ccc1O. The molecule has 0 saturated carbocycles. The lowest BCUT2D eigenvalue weighted by Gasteiger charge is -2.15. The van der Waals surface area contributed by atoms with Gasteiger partial charge in [-0.05, 0) is 36.4 Å². The maximum Gasteiger partial charge on any atom is 0.143 e. The average Bonchev–Trinajstić information content (AvgIpc) is 2.43. The normalized spacial score (nSPS) is 11.7. The number of hydrogen-bond acceptors (Lipinski definition) is 3. The van der Waals surface area contributed by atoms with Crippen LogP contribution < -0.4 is 5.32 Å². The summed E-state index contributed by atoms with van der Waals surface area (Å²) >= 11 is 5.64. The van der Waals surface area contributed by atoms with Gasteiger partial charge in [-0.2, -0.15) is 5.26 Å². The van der Waals surface area contributed by atoms with Crippen LogP contribution in [-0.2, 0) is 0 Å². The highest BCUT2D eigenvalue weighted by atomic mass is 35.5. The van der Waals surface area contributed by atoms with Crippen molar-refractivity contribution < 1.29 is 13.9 Å². The molecule has 102 valence electrons. The molecule has 0 saturated heterocycles. The van der Waals surface area contributed by atoms with Gasteiger partial charge in [-0.15, -0.1) is 0 Å². The number of phenolic OH excluding ortho intramolecular Hbond substituents is 1. The van der Waals surface area contributed by atoms with Gasteiger partial charge >= 0.3 is 0 Å². The van der Waals surface area contributed by atoms with Crippen LogP contribution in [0.4, 0.5) is 14.5 Å². The van der Waals surface area contributed by atoms with Crippen LogP contribution in [0, 0.1) is 23.0 Å². The molecule has 6 heteroatoms. The molecule has 1 atom stereocenters. The topological polar surface area (TPSA) is 56.0 Å². The smallest absolute Gasteiger partial charge is 0.143 e. The van der Waals surface area contributed by atoms with Crippen molar-refractivity contribution in [3.05, 3.63) is 58.6 Å². The van der Waals surface area contributed by atoms with E-state index in [1.54, 1.807) is 0 Å². The number of benzene rings is 2. The van der Waals surface area contributed by atoms with Crippen molar-refractivity contribution >= 4 is 17.3 Å². The Morgan fingerprint density at radius 2 is 1.95 bits per heavy atom. The Labute approximate surface area is 119 Å². The Hall–Kier alpha value is -2.32.